The van der Waals surface area contributed by atoms with Crippen molar-refractivity contribution < 1.29 is 14.6 Å². The van der Waals surface area contributed by atoms with E-state index < -0.39 is 0 Å². The van der Waals surface area contributed by atoms with Crippen LogP contribution in [0.4, 0.5) is 0 Å². The van der Waals surface area contributed by atoms with Crippen molar-refractivity contribution in [1.29, 1.82) is 0 Å². The quantitative estimate of drug-likeness (QED) is 0.841. The van der Waals surface area contributed by atoms with Crippen molar-refractivity contribution in [2.45, 2.75) is 31.4 Å². The van der Waals surface area contributed by atoms with Gasteiger partial charge in [0.1, 0.15) is 5.75 Å². The smallest absolute Gasteiger partial charge is 0.255 e. The average molecular weight is 347 g/mol. The molecule has 0 aromatic heterocycles. The lowest BCUT2D eigenvalue weighted by Gasteiger charge is -2.41. The summed E-state index contributed by atoms with van der Waals surface area (Å²) < 4.78 is 5.88. The van der Waals surface area contributed by atoms with Gasteiger partial charge >= 0.3 is 0 Å². The summed E-state index contributed by atoms with van der Waals surface area (Å²) in [6.07, 6.45) is 3.42. The number of likely N-dealkylation sites (tertiary alicyclic amines) is 1. The van der Waals surface area contributed by atoms with E-state index in [2.05, 4.69) is 22.2 Å². The molecule has 2 fully saturated rings. The van der Waals surface area contributed by atoms with E-state index in [9.17, 15) is 9.90 Å². The molecular formula is C19H29N3O3. The van der Waals surface area contributed by atoms with Crippen molar-refractivity contribution in [2.75, 3.05) is 46.4 Å². The number of nitrogens with one attached hydrogen (secondary N) is 1. The molecule has 2 aliphatic rings. The van der Waals surface area contributed by atoms with Crippen LogP contribution in [-0.2, 0) is 4.74 Å². The second-order valence-corrected chi connectivity index (χ2v) is 7.08. The first-order valence-corrected chi connectivity index (χ1v) is 9.24. The van der Waals surface area contributed by atoms with E-state index in [4.69, 9.17) is 4.74 Å². The van der Waals surface area contributed by atoms with Crippen molar-refractivity contribution >= 4 is 5.91 Å². The molecule has 0 saturated carbocycles. The van der Waals surface area contributed by atoms with Crippen LogP contribution in [0.25, 0.3) is 0 Å². The molecule has 25 heavy (non-hydrogen) atoms. The third-order valence-electron chi connectivity index (χ3n) is 5.28. The summed E-state index contributed by atoms with van der Waals surface area (Å²) in [5.74, 6) is -0.219. The number of phenolic OH excluding ortho intramolecular Hbond substituents is 1. The Balaban J connectivity index is 1.42. The Hall–Kier alpha value is -1.63. The Morgan fingerprint density at radius 2 is 2.04 bits per heavy atom. The summed E-state index contributed by atoms with van der Waals surface area (Å²) in [5, 5.41) is 12.6. The molecular weight excluding hydrogens is 318 g/mol. The van der Waals surface area contributed by atoms with E-state index in [1.165, 1.54) is 32.0 Å². The molecule has 1 aromatic rings. The number of morpholine rings is 1. The van der Waals surface area contributed by atoms with Crippen molar-refractivity contribution in [3.8, 4) is 5.75 Å². The molecule has 0 bridgehead atoms. The lowest BCUT2D eigenvalue weighted by Crippen LogP contribution is -2.51. The van der Waals surface area contributed by atoms with Crippen LogP contribution in [0.15, 0.2) is 24.3 Å². The van der Waals surface area contributed by atoms with Crippen molar-refractivity contribution in [1.82, 2.24) is 15.1 Å². The minimum absolute atomic E-state index is 0.0161. The SMILES string of the molecule is CN1CCC(N2CCO[C@@H](CCNC(=O)c3ccccc3O)C2)CC1. The second-order valence-electron chi connectivity index (χ2n) is 7.08. The minimum atomic E-state index is -0.235. The molecule has 0 unspecified atom stereocenters. The van der Waals surface area contributed by atoms with Gasteiger partial charge in [0.05, 0.1) is 18.3 Å². The number of nitrogens with zero attached hydrogens (tertiary/aromatic N) is 2. The number of hydrogen-bond acceptors (Lipinski definition) is 5. The molecule has 0 spiro atoms. The molecule has 0 aliphatic carbocycles. The van der Waals surface area contributed by atoms with Gasteiger partial charge in [0, 0.05) is 25.7 Å². The molecule has 3 rings (SSSR count). The molecule has 0 radical (unpaired) electrons. The minimum Gasteiger partial charge on any atom is -0.507 e. The third-order valence-corrected chi connectivity index (χ3v) is 5.28. The highest BCUT2D eigenvalue weighted by molar-refractivity contribution is 5.96. The number of aromatic hydroxyl groups is 1. The van der Waals surface area contributed by atoms with Gasteiger partial charge < -0.3 is 20.1 Å². The van der Waals surface area contributed by atoms with Gasteiger partial charge in [-0.15, -0.1) is 0 Å². The van der Waals surface area contributed by atoms with Gasteiger partial charge in [-0.2, -0.15) is 0 Å². The molecule has 6 heteroatoms. The van der Waals surface area contributed by atoms with Crippen LogP contribution in [0.1, 0.15) is 29.6 Å². The van der Waals surface area contributed by atoms with E-state index in [-0.39, 0.29) is 17.8 Å². The van der Waals surface area contributed by atoms with Gasteiger partial charge in [0.25, 0.3) is 5.91 Å². The molecule has 2 aliphatic heterocycles. The van der Waals surface area contributed by atoms with Crippen LogP contribution in [0.2, 0.25) is 0 Å². The fraction of sp³-hybridized carbons (Fsp3) is 0.632. The average Bonchev–Trinajstić information content (AvgIpc) is 2.63. The molecule has 1 atom stereocenters. The van der Waals surface area contributed by atoms with Crippen molar-refractivity contribution in [2.24, 2.45) is 0 Å². The summed E-state index contributed by atoms with van der Waals surface area (Å²) in [5.41, 5.74) is 0.319. The van der Waals surface area contributed by atoms with Crippen LogP contribution < -0.4 is 5.32 Å². The molecule has 138 valence electrons. The second kappa shape index (κ2) is 8.65. The zero-order valence-electron chi connectivity index (χ0n) is 15.0. The number of para-hydroxylation sites is 1. The Bertz CT molecular complexity index is 573. The number of carbonyl (C=O) groups is 1. The highest BCUT2D eigenvalue weighted by atomic mass is 16.5. The number of rotatable bonds is 5. The molecule has 2 N–H and O–H groups in total. The highest BCUT2D eigenvalue weighted by Crippen LogP contribution is 2.20. The maximum atomic E-state index is 12.1. The van der Waals surface area contributed by atoms with Crippen molar-refractivity contribution in [3.63, 3.8) is 0 Å². The molecule has 2 saturated heterocycles. The van der Waals surface area contributed by atoms with Crippen LogP contribution in [0.5, 0.6) is 5.75 Å². The number of benzene rings is 1. The van der Waals surface area contributed by atoms with Gasteiger partial charge in [-0.3, -0.25) is 9.69 Å². The summed E-state index contributed by atoms with van der Waals surface area (Å²) in [4.78, 5) is 17.1. The fourth-order valence-corrected chi connectivity index (χ4v) is 3.72. The van der Waals surface area contributed by atoms with E-state index in [1.807, 2.05) is 0 Å². The summed E-state index contributed by atoms with van der Waals surface area (Å²) in [6, 6.07) is 7.28. The van der Waals surface area contributed by atoms with E-state index in [1.54, 1.807) is 18.2 Å². The maximum Gasteiger partial charge on any atom is 0.255 e. The molecule has 6 nitrogen and oxygen atoms in total. The molecule has 2 heterocycles. The number of phenols is 1. The Morgan fingerprint density at radius 3 is 2.80 bits per heavy atom. The van der Waals surface area contributed by atoms with Gasteiger partial charge in [0.15, 0.2) is 0 Å². The van der Waals surface area contributed by atoms with Crippen molar-refractivity contribution in [3.05, 3.63) is 29.8 Å². The first-order valence-electron chi connectivity index (χ1n) is 9.24. The number of piperidine rings is 1. The number of amides is 1. The van der Waals surface area contributed by atoms with Gasteiger partial charge in [-0.1, -0.05) is 12.1 Å². The number of hydrogen-bond donors (Lipinski definition) is 2. The molecule has 1 aromatic carbocycles. The number of ether oxygens (including phenoxy) is 1. The Morgan fingerprint density at radius 1 is 1.28 bits per heavy atom. The van der Waals surface area contributed by atoms with Gasteiger partial charge in [-0.25, -0.2) is 0 Å². The lowest BCUT2D eigenvalue weighted by molar-refractivity contribution is -0.0532. The summed E-state index contributed by atoms with van der Waals surface area (Å²) >= 11 is 0. The lowest BCUT2D eigenvalue weighted by atomic mass is 10.0. The highest BCUT2D eigenvalue weighted by Gasteiger charge is 2.28. The van der Waals surface area contributed by atoms with Crippen LogP contribution >= 0.6 is 0 Å². The largest absolute Gasteiger partial charge is 0.507 e. The van der Waals surface area contributed by atoms with E-state index in [0.717, 1.165) is 26.1 Å². The first-order chi connectivity index (χ1) is 12.1. The third kappa shape index (κ3) is 4.93. The van der Waals surface area contributed by atoms with Crippen LogP contribution in [-0.4, -0.2) is 79.3 Å². The standard InChI is InChI=1S/C19H29N3O3/c1-21-10-7-15(8-11-21)22-12-13-25-16(14-22)6-9-20-19(24)17-4-2-3-5-18(17)23/h2-5,15-16,23H,6-14H2,1H3,(H,20,24)/t16-/m0/s1. The van der Waals surface area contributed by atoms with E-state index >= 15 is 0 Å². The van der Waals surface area contributed by atoms with Gasteiger partial charge in [0.2, 0.25) is 0 Å². The summed E-state index contributed by atoms with van der Waals surface area (Å²) in [7, 11) is 2.19. The van der Waals surface area contributed by atoms with E-state index in [0.29, 0.717) is 18.2 Å². The van der Waals surface area contributed by atoms with Gasteiger partial charge in [-0.05, 0) is 51.5 Å². The van der Waals surface area contributed by atoms with Crippen LogP contribution in [0.3, 0.4) is 0 Å². The first kappa shape index (κ1) is 18.2. The predicted molar refractivity (Wildman–Crippen MR) is 96.9 cm³/mol. The number of carbonyl (C=O) groups excluding carboxylic acids is 1. The zero-order valence-corrected chi connectivity index (χ0v) is 15.0. The topological polar surface area (TPSA) is 65.0 Å². The Kier molecular flexibility index (Phi) is 6.29. The summed E-state index contributed by atoms with van der Waals surface area (Å²) in [6.45, 7) is 5.62. The molecule has 1 amide bonds. The Labute approximate surface area is 149 Å². The predicted octanol–water partition coefficient (Wildman–Crippen LogP) is 1.31. The van der Waals surface area contributed by atoms with Crippen LogP contribution in [0, 0.1) is 0 Å². The monoisotopic (exact) mass is 347 g/mol. The maximum absolute atomic E-state index is 12.1. The zero-order chi connectivity index (χ0) is 17.6. The normalized spacial score (nSPS) is 23.5. The fourth-order valence-electron chi connectivity index (χ4n) is 3.72.